The molecule has 0 aliphatic heterocycles. The fourth-order valence-electron chi connectivity index (χ4n) is 1.75. The predicted molar refractivity (Wildman–Crippen MR) is 68.3 cm³/mol. The van der Waals surface area contributed by atoms with Gasteiger partial charge in [0.05, 0.1) is 0 Å². The third-order valence-electron chi connectivity index (χ3n) is 2.59. The lowest BCUT2D eigenvalue weighted by atomic mass is 10.2. The molecule has 0 bridgehead atoms. The molecule has 0 aliphatic carbocycles. The molecule has 88 valence electrons. The second-order valence-electron chi connectivity index (χ2n) is 3.83. The summed E-state index contributed by atoms with van der Waals surface area (Å²) in [5.74, 6) is 0.202. The second kappa shape index (κ2) is 4.29. The first kappa shape index (κ1) is 10.5. The summed E-state index contributed by atoms with van der Waals surface area (Å²) in [7, 11) is 0. The van der Waals surface area contributed by atoms with Gasteiger partial charge >= 0.3 is 0 Å². The van der Waals surface area contributed by atoms with E-state index < -0.39 is 0 Å². The molecule has 0 fully saturated rings. The van der Waals surface area contributed by atoms with Crippen molar-refractivity contribution in [2.75, 3.05) is 5.32 Å². The third-order valence-corrected chi connectivity index (χ3v) is 2.59. The molecule has 2 N–H and O–H groups in total. The van der Waals surface area contributed by atoms with E-state index in [1.165, 1.54) is 0 Å². The lowest BCUT2D eigenvalue weighted by Gasteiger charge is -2.00. The molecule has 3 aromatic rings. The maximum Gasteiger partial charge on any atom is 0.273 e. The molecule has 1 amide bonds. The fraction of sp³-hybridized carbons (Fsp3) is 0. The quantitative estimate of drug-likeness (QED) is 0.719. The number of anilines is 1. The van der Waals surface area contributed by atoms with Crippen LogP contribution in [0.2, 0.25) is 0 Å². The van der Waals surface area contributed by atoms with Crippen molar-refractivity contribution in [1.82, 2.24) is 15.2 Å². The highest BCUT2D eigenvalue weighted by molar-refractivity contribution is 6.05. The zero-order chi connectivity index (χ0) is 12.4. The van der Waals surface area contributed by atoms with Crippen LogP contribution >= 0.6 is 0 Å². The second-order valence-corrected chi connectivity index (χ2v) is 3.83. The Bertz CT molecular complexity index is 657. The summed E-state index contributed by atoms with van der Waals surface area (Å²) in [6, 6.07) is 12.9. The van der Waals surface area contributed by atoms with Gasteiger partial charge in [0.1, 0.15) is 5.69 Å². The Labute approximate surface area is 103 Å². The van der Waals surface area contributed by atoms with E-state index in [-0.39, 0.29) is 5.91 Å². The van der Waals surface area contributed by atoms with Crippen molar-refractivity contribution in [2.24, 2.45) is 0 Å². The van der Waals surface area contributed by atoms with Gasteiger partial charge in [0.25, 0.3) is 5.91 Å². The van der Waals surface area contributed by atoms with Crippen molar-refractivity contribution in [3.63, 3.8) is 0 Å². The lowest BCUT2D eigenvalue weighted by Crippen LogP contribution is -2.13. The SMILES string of the molecule is O=C(Nc1cccnn1)c1cc2ccccc2[nH]1. The molecule has 2 heterocycles. The van der Waals surface area contributed by atoms with Crippen molar-refractivity contribution in [1.29, 1.82) is 0 Å². The Morgan fingerprint density at radius 3 is 2.83 bits per heavy atom. The first-order valence-electron chi connectivity index (χ1n) is 5.50. The minimum Gasteiger partial charge on any atom is -0.351 e. The maximum absolute atomic E-state index is 12.0. The molecule has 1 aromatic carbocycles. The van der Waals surface area contributed by atoms with Gasteiger partial charge in [-0.05, 0) is 24.3 Å². The zero-order valence-electron chi connectivity index (χ0n) is 9.42. The van der Waals surface area contributed by atoms with Crippen LogP contribution in [0.3, 0.4) is 0 Å². The van der Waals surface area contributed by atoms with Crippen molar-refractivity contribution in [3.8, 4) is 0 Å². The number of amides is 1. The number of para-hydroxylation sites is 1. The molecule has 0 spiro atoms. The van der Waals surface area contributed by atoms with Gasteiger partial charge in [-0.1, -0.05) is 18.2 Å². The van der Waals surface area contributed by atoms with Crippen molar-refractivity contribution >= 4 is 22.6 Å². The van der Waals surface area contributed by atoms with Crippen LogP contribution in [-0.4, -0.2) is 21.1 Å². The molecule has 3 rings (SSSR count). The van der Waals surface area contributed by atoms with E-state index in [1.807, 2.05) is 24.3 Å². The molecule has 0 saturated carbocycles. The first-order valence-corrected chi connectivity index (χ1v) is 5.50. The minimum absolute atomic E-state index is 0.230. The van der Waals surface area contributed by atoms with Gasteiger partial charge in [-0.25, -0.2) is 0 Å². The van der Waals surface area contributed by atoms with Crippen LogP contribution in [0.4, 0.5) is 5.82 Å². The average molecular weight is 238 g/mol. The molecule has 5 heteroatoms. The summed E-state index contributed by atoms with van der Waals surface area (Å²) in [5.41, 5.74) is 1.43. The summed E-state index contributed by atoms with van der Waals surface area (Å²) >= 11 is 0. The number of carbonyl (C=O) groups excluding carboxylic acids is 1. The number of rotatable bonds is 2. The Morgan fingerprint density at radius 1 is 1.17 bits per heavy atom. The summed E-state index contributed by atoms with van der Waals surface area (Å²) in [5, 5.41) is 11.2. The molecule has 2 aromatic heterocycles. The van der Waals surface area contributed by atoms with Crippen LogP contribution in [0.15, 0.2) is 48.7 Å². The van der Waals surface area contributed by atoms with E-state index in [0.717, 1.165) is 10.9 Å². The van der Waals surface area contributed by atoms with Gasteiger partial charge in [0.2, 0.25) is 0 Å². The summed E-state index contributed by atoms with van der Waals surface area (Å²) in [4.78, 5) is 15.0. The normalized spacial score (nSPS) is 10.4. The number of fused-ring (bicyclic) bond motifs is 1. The van der Waals surface area contributed by atoms with Crippen LogP contribution in [0.5, 0.6) is 0 Å². The molecular weight excluding hydrogens is 228 g/mol. The highest BCUT2D eigenvalue weighted by Crippen LogP contribution is 2.15. The number of aromatic nitrogens is 3. The Kier molecular flexibility index (Phi) is 2.49. The number of hydrogen-bond donors (Lipinski definition) is 2. The maximum atomic E-state index is 12.0. The fourth-order valence-corrected chi connectivity index (χ4v) is 1.75. The average Bonchev–Trinajstić information content (AvgIpc) is 2.84. The molecule has 0 aliphatic rings. The molecule has 5 nitrogen and oxygen atoms in total. The van der Waals surface area contributed by atoms with Crippen LogP contribution in [0, 0.1) is 0 Å². The summed E-state index contributed by atoms with van der Waals surface area (Å²) < 4.78 is 0. The standard InChI is InChI=1S/C13H10N4O/c18-13(16-12-6-3-7-14-17-12)11-8-9-4-1-2-5-10(9)15-11/h1-8,15H,(H,16,17,18). The molecular formula is C13H10N4O. The number of benzene rings is 1. The molecule has 18 heavy (non-hydrogen) atoms. The van der Waals surface area contributed by atoms with E-state index in [0.29, 0.717) is 11.5 Å². The third kappa shape index (κ3) is 1.93. The van der Waals surface area contributed by atoms with Gasteiger partial charge in [-0.3, -0.25) is 4.79 Å². The predicted octanol–water partition coefficient (Wildman–Crippen LogP) is 2.21. The van der Waals surface area contributed by atoms with Crippen LogP contribution in [-0.2, 0) is 0 Å². The van der Waals surface area contributed by atoms with Crippen molar-refractivity contribution in [3.05, 3.63) is 54.4 Å². The molecule has 0 atom stereocenters. The van der Waals surface area contributed by atoms with Crippen molar-refractivity contribution < 1.29 is 4.79 Å². The van der Waals surface area contributed by atoms with Crippen LogP contribution in [0.25, 0.3) is 10.9 Å². The van der Waals surface area contributed by atoms with E-state index in [2.05, 4.69) is 20.5 Å². The number of nitrogens with one attached hydrogen (secondary N) is 2. The number of H-pyrrole nitrogens is 1. The molecule has 0 radical (unpaired) electrons. The number of aromatic amines is 1. The smallest absolute Gasteiger partial charge is 0.273 e. The molecule has 0 saturated heterocycles. The first-order chi connectivity index (χ1) is 8.83. The van der Waals surface area contributed by atoms with E-state index in [9.17, 15) is 4.79 Å². The Balaban J connectivity index is 1.88. The van der Waals surface area contributed by atoms with Crippen molar-refractivity contribution in [2.45, 2.75) is 0 Å². The number of carbonyl (C=O) groups is 1. The zero-order valence-corrected chi connectivity index (χ0v) is 9.42. The monoisotopic (exact) mass is 238 g/mol. The van der Waals surface area contributed by atoms with Gasteiger partial charge in [0, 0.05) is 17.1 Å². The number of hydrogen-bond acceptors (Lipinski definition) is 3. The van der Waals surface area contributed by atoms with Gasteiger partial charge in [-0.2, -0.15) is 5.10 Å². The van der Waals surface area contributed by atoms with Gasteiger partial charge in [0.15, 0.2) is 5.82 Å². The number of nitrogens with zero attached hydrogens (tertiary/aromatic N) is 2. The summed E-state index contributed by atoms with van der Waals surface area (Å²) in [6.07, 6.45) is 1.55. The Hall–Kier alpha value is -2.69. The highest BCUT2D eigenvalue weighted by atomic mass is 16.1. The summed E-state index contributed by atoms with van der Waals surface area (Å²) in [6.45, 7) is 0. The van der Waals surface area contributed by atoms with Crippen LogP contribution in [0.1, 0.15) is 10.5 Å². The van der Waals surface area contributed by atoms with E-state index in [1.54, 1.807) is 24.4 Å². The largest absolute Gasteiger partial charge is 0.351 e. The minimum atomic E-state index is -0.230. The highest BCUT2D eigenvalue weighted by Gasteiger charge is 2.09. The van der Waals surface area contributed by atoms with Gasteiger partial charge in [-0.15, -0.1) is 5.10 Å². The van der Waals surface area contributed by atoms with E-state index in [4.69, 9.17) is 0 Å². The van der Waals surface area contributed by atoms with Crippen LogP contribution < -0.4 is 5.32 Å². The molecule has 0 unspecified atom stereocenters. The lowest BCUT2D eigenvalue weighted by molar-refractivity contribution is 0.102. The Morgan fingerprint density at radius 2 is 2.06 bits per heavy atom. The van der Waals surface area contributed by atoms with Gasteiger partial charge < -0.3 is 10.3 Å². The topological polar surface area (TPSA) is 70.7 Å². The van der Waals surface area contributed by atoms with E-state index >= 15 is 0 Å².